The number of carboxylic acids is 1. The van der Waals surface area contributed by atoms with Gasteiger partial charge in [-0.25, -0.2) is 0 Å². The maximum Gasteiger partial charge on any atom is 0.304 e. The molecule has 0 spiro atoms. The van der Waals surface area contributed by atoms with Gasteiger partial charge >= 0.3 is 5.97 Å². The lowest BCUT2D eigenvalue weighted by atomic mass is 9.88. The van der Waals surface area contributed by atoms with Crippen LogP contribution in [0.15, 0.2) is 24.3 Å². The molecule has 2 rings (SSSR count). The molecular formula is C16H22O4S. The van der Waals surface area contributed by atoms with E-state index in [1.165, 1.54) is 11.1 Å². The van der Waals surface area contributed by atoms with Crippen molar-refractivity contribution in [1.82, 2.24) is 0 Å². The van der Waals surface area contributed by atoms with E-state index in [-0.39, 0.29) is 12.7 Å². The average Bonchev–Trinajstić information content (AvgIpc) is 2.52. The van der Waals surface area contributed by atoms with Crippen LogP contribution in [0.3, 0.4) is 0 Å². The highest BCUT2D eigenvalue weighted by Crippen LogP contribution is 2.33. The molecule has 0 amide bonds. The Balaban J connectivity index is 1.97. The smallest absolute Gasteiger partial charge is 0.304 e. The minimum atomic E-state index is -0.733. The van der Waals surface area contributed by atoms with Crippen molar-refractivity contribution in [3.05, 3.63) is 35.4 Å². The quantitative estimate of drug-likeness (QED) is 0.783. The number of methoxy groups -OCH3 is 1. The molecule has 1 fully saturated rings. The maximum atomic E-state index is 10.6. The summed E-state index contributed by atoms with van der Waals surface area (Å²) in [7, 11) is 1.68. The molecule has 1 aromatic rings. The first-order valence-electron chi connectivity index (χ1n) is 7.22. The van der Waals surface area contributed by atoms with Crippen LogP contribution < -0.4 is 0 Å². The molecule has 1 aliphatic rings. The molecule has 21 heavy (non-hydrogen) atoms. The van der Waals surface area contributed by atoms with Crippen molar-refractivity contribution in [3.63, 3.8) is 0 Å². The predicted octanol–water partition coefficient (Wildman–Crippen LogP) is 3.26. The zero-order chi connectivity index (χ0) is 15.1. The molecule has 4 nitrogen and oxygen atoms in total. The first-order valence-corrected chi connectivity index (χ1v) is 8.38. The van der Waals surface area contributed by atoms with Crippen molar-refractivity contribution in [1.29, 1.82) is 0 Å². The van der Waals surface area contributed by atoms with Gasteiger partial charge in [-0.1, -0.05) is 24.3 Å². The first kappa shape index (κ1) is 16.3. The number of thioether (sulfide) groups is 1. The molecule has 0 aliphatic carbocycles. The third kappa shape index (κ3) is 5.02. The molecule has 1 heterocycles. The third-order valence-corrected chi connectivity index (χ3v) is 4.73. The lowest BCUT2D eigenvalue weighted by Crippen LogP contribution is -2.26. The van der Waals surface area contributed by atoms with E-state index in [9.17, 15) is 4.79 Å². The standard InChI is InChI=1S/C16H22O4S/c1-19-16-10-12(6-8-20-16)14-5-3-2-4-13(14)11-21-9-7-15(17)18/h2-5,12,16H,6-11H2,1H3,(H,17,18). The van der Waals surface area contributed by atoms with Crippen LogP contribution in [0.1, 0.15) is 36.3 Å². The third-order valence-electron chi connectivity index (χ3n) is 3.72. The van der Waals surface area contributed by atoms with Crippen LogP contribution in [0, 0.1) is 0 Å². The molecule has 5 heteroatoms. The Hall–Kier alpha value is -1.04. The summed E-state index contributed by atoms with van der Waals surface area (Å²) in [5, 5.41) is 8.68. The Morgan fingerprint density at radius 2 is 2.29 bits per heavy atom. The summed E-state index contributed by atoms with van der Waals surface area (Å²) in [4.78, 5) is 10.6. The zero-order valence-corrected chi connectivity index (χ0v) is 13.1. The van der Waals surface area contributed by atoms with Crippen molar-refractivity contribution < 1.29 is 19.4 Å². The topological polar surface area (TPSA) is 55.8 Å². The highest BCUT2D eigenvalue weighted by molar-refractivity contribution is 7.98. The Labute approximate surface area is 129 Å². The number of carboxylic acid groups (broad SMARTS) is 1. The van der Waals surface area contributed by atoms with Gasteiger partial charge in [-0.2, -0.15) is 11.8 Å². The minimum Gasteiger partial charge on any atom is -0.481 e. The first-order chi connectivity index (χ1) is 10.2. The van der Waals surface area contributed by atoms with E-state index in [2.05, 4.69) is 18.2 Å². The SMILES string of the molecule is COC1CC(c2ccccc2CSCCC(=O)O)CCO1. The van der Waals surface area contributed by atoms with Crippen LogP contribution in [0.5, 0.6) is 0 Å². The van der Waals surface area contributed by atoms with Crippen molar-refractivity contribution in [2.24, 2.45) is 0 Å². The van der Waals surface area contributed by atoms with Gasteiger partial charge in [0.1, 0.15) is 0 Å². The van der Waals surface area contributed by atoms with Gasteiger partial charge in [-0.15, -0.1) is 0 Å². The van der Waals surface area contributed by atoms with E-state index in [0.29, 0.717) is 11.7 Å². The summed E-state index contributed by atoms with van der Waals surface area (Å²) >= 11 is 1.68. The van der Waals surface area contributed by atoms with Gasteiger partial charge in [-0.05, 0) is 23.5 Å². The Morgan fingerprint density at radius 3 is 3.05 bits per heavy atom. The molecule has 0 bridgehead atoms. The number of carbonyl (C=O) groups is 1. The second kappa shape index (κ2) is 8.41. The van der Waals surface area contributed by atoms with E-state index < -0.39 is 5.97 Å². The molecule has 116 valence electrons. The van der Waals surface area contributed by atoms with Crippen molar-refractivity contribution in [2.75, 3.05) is 19.5 Å². The second-order valence-electron chi connectivity index (χ2n) is 5.15. The van der Waals surface area contributed by atoms with Gasteiger partial charge in [0.25, 0.3) is 0 Å². The largest absolute Gasteiger partial charge is 0.481 e. The van der Waals surface area contributed by atoms with Crippen molar-refractivity contribution >= 4 is 17.7 Å². The maximum absolute atomic E-state index is 10.6. The Morgan fingerprint density at radius 1 is 1.48 bits per heavy atom. The van der Waals surface area contributed by atoms with E-state index in [1.807, 2.05) is 6.07 Å². The summed E-state index contributed by atoms with van der Waals surface area (Å²) in [5.41, 5.74) is 2.65. The molecule has 2 unspecified atom stereocenters. The van der Waals surface area contributed by atoms with Crippen LogP contribution in [-0.2, 0) is 20.0 Å². The average molecular weight is 310 g/mol. The fourth-order valence-corrected chi connectivity index (χ4v) is 3.56. The number of rotatable bonds is 7. The predicted molar refractivity (Wildman–Crippen MR) is 83.6 cm³/mol. The molecule has 2 atom stereocenters. The zero-order valence-electron chi connectivity index (χ0n) is 12.3. The van der Waals surface area contributed by atoms with Gasteiger partial charge in [0.15, 0.2) is 6.29 Å². The van der Waals surface area contributed by atoms with Crippen molar-refractivity contribution in [3.8, 4) is 0 Å². The number of ether oxygens (including phenoxy) is 2. The molecule has 0 aromatic heterocycles. The lowest BCUT2D eigenvalue weighted by molar-refractivity contribution is -0.150. The van der Waals surface area contributed by atoms with Crippen LogP contribution in [0.2, 0.25) is 0 Å². The van der Waals surface area contributed by atoms with Crippen LogP contribution in [-0.4, -0.2) is 36.8 Å². The van der Waals surface area contributed by atoms with Crippen LogP contribution in [0.25, 0.3) is 0 Å². The molecule has 1 N–H and O–H groups in total. The van der Waals surface area contributed by atoms with Crippen LogP contribution >= 0.6 is 11.8 Å². The summed E-state index contributed by atoms with van der Waals surface area (Å²) in [6.07, 6.45) is 2.00. The van der Waals surface area contributed by atoms with Gasteiger partial charge in [-0.3, -0.25) is 4.79 Å². The van der Waals surface area contributed by atoms with Crippen molar-refractivity contribution in [2.45, 2.75) is 37.2 Å². The fraction of sp³-hybridized carbons (Fsp3) is 0.562. The monoisotopic (exact) mass is 310 g/mol. The van der Waals surface area contributed by atoms with E-state index >= 15 is 0 Å². The molecule has 0 radical (unpaired) electrons. The number of benzene rings is 1. The van der Waals surface area contributed by atoms with Gasteiger partial charge < -0.3 is 14.6 Å². The highest BCUT2D eigenvalue weighted by atomic mass is 32.2. The normalized spacial score (nSPS) is 22.1. The summed E-state index contributed by atoms with van der Waals surface area (Å²) < 4.78 is 10.9. The minimum absolute atomic E-state index is 0.114. The van der Waals surface area contributed by atoms with Gasteiger partial charge in [0, 0.05) is 25.0 Å². The number of aliphatic carboxylic acids is 1. The molecule has 1 aromatic carbocycles. The molecule has 1 saturated heterocycles. The summed E-state index contributed by atoms with van der Waals surface area (Å²) in [5.74, 6) is 1.24. The Kier molecular flexibility index (Phi) is 6.54. The van der Waals surface area contributed by atoms with Gasteiger partial charge in [0.2, 0.25) is 0 Å². The van der Waals surface area contributed by atoms with Gasteiger partial charge in [0.05, 0.1) is 13.0 Å². The highest BCUT2D eigenvalue weighted by Gasteiger charge is 2.25. The summed E-state index contributed by atoms with van der Waals surface area (Å²) in [6.45, 7) is 0.726. The molecular weight excluding hydrogens is 288 g/mol. The fourth-order valence-electron chi connectivity index (χ4n) is 2.61. The summed E-state index contributed by atoms with van der Waals surface area (Å²) in [6, 6.07) is 8.43. The molecule has 1 aliphatic heterocycles. The molecule has 0 saturated carbocycles. The second-order valence-corrected chi connectivity index (χ2v) is 6.26. The Bertz CT molecular complexity index is 463. The number of hydrogen-bond donors (Lipinski definition) is 1. The van der Waals surface area contributed by atoms with E-state index in [1.54, 1.807) is 18.9 Å². The van der Waals surface area contributed by atoms with E-state index in [0.717, 1.165) is 25.2 Å². The number of hydrogen-bond acceptors (Lipinski definition) is 4. The van der Waals surface area contributed by atoms with Crippen LogP contribution in [0.4, 0.5) is 0 Å². The lowest BCUT2D eigenvalue weighted by Gasteiger charge is -2.30. The van der Waals surface area contributed by atoms with E-state index in [4.69, 9.17) is 14.6 Å².